The Morgan fingerprint density at radius 3 is 2.82 bits per heavy atom. The molecule has 1 unspecified atom stereocenters. The Balaban J connectivity index is 2.95. The van der Waals surface area contributed by atoms with Crippen LogP contribution in [0, 0.1) is 0 Å². The maximum Gasteiger partial charge on any atom is 0.138 e. The Morgan fingerprint density at radius 1 is 1.55 bits per heavy atom. The van der Waals surface area contributed by atoms with Crippen molar-refractivity contribution in [3.63, 3.8) is 0 Å². The fourth-order valence-electron chi connectivity index (χ4n) is 0.757. The zero-order chi connectivity index (χ0) is 8.27. The number of benzene rings is 1. The van der Waals surface area contributed by atoms with Crippen molar-refractivity contribution in [2.75, 3.05) is 0 Å². The van der Waals surface area contributed by atoms with Gasteiger partial charge < -0.3 is 4.79 Å². The second kappa shape index (κ2) is 3.88. The number of carbonyl (C=O) groups is 1. The number of aldehydes is 1. The summed E-state index contributed by atoms with van der Waals surface area (Å²) >= 11 is 8.90. The first-order valence-electron chi connectivity index (χ1n) is 3.09. The molecule has 0 aliphatic rings. The van der Waals surface area contributed by atoms with Crippen LogP contribution in [0.25, 0.3) is 0 Å². The molecule has 0 radical (unpaired) electrons. The van der Waals surface area contributed by atoms with Gasteiger partial charge in [0.05, 0.1) is 4.83 Å². The highest BCUT2D eigenvalue weighted by Gasteiger charge is 2.04. The lowest BCUT2D eigenvalue weighted by atomic mass is 10.2. The fourth-order valence-corrected chi connectivity index (χ4v) is 1.24. The highest BCUT2D eigenvalue weighted by atomic mass is 79.9. The van der Waals surface area contributed by atoms with Crippen LogP contribution in [0.4, 0.5) is 0 Å². The average molecular weight is 233 g/mol. The molecule has 0 aliphatic heterocycles. The molecule has 0 N–H and O–H groups in total. The molecule has 0 aliphatic carbocycles. The predicted octanol–water partition coefficient (Wildman–Crippen LogP) is 2.97. The third-order valence-corrected chi connectivity index (χ3v) is 2.27. The normalized spacial score (nSPS) is 12.5. The van der Waals surface area contributed by atoms with E-state index in [2.05, 4.69) is 15.9 Å². The van der Waals surface area contributed by atoms with Crippen LogP contribution in [0.3, 0.4) is 0 Å². The Kier molecular flexibility index (Phi) is 3.09. The Labute approximate surface area is 78.5 Å². The van der Waals surface area contributed by atoms with Gasteiger partial charge in [-0.15, -0.1) is 0 Å². The van der Waals surface area contributed by atoms with Gasteiger partial charge in [0.15, 0.2) is 0 Å². The highest BCUT2D eigenvalue weighted by molar-refractivity contribution is 9.09. The zero-order valence-electron chi connectivity index (χ0n) is 5.63. The molecular formula is C8H6BrClO. The van der Waals surface area contributed by atoms with Crippen LogP contribution in [0.15, 0.2) is 24.3 Å². The monoisotopic (exact) mass is 232 g/mol. The number of hydrogen-bond donors (Lipinski definition) is 0. The van der Waals surface area contributed by atoms with E-state index in [1.165, 1.54) is 0 Å². The first-order chi connectivity index (χ1) is 5.24. The predicted molar refractivity (Wildman–Crippen MR) is 49.2 cm³/mol. The van der Waals surface area contributed by atoms with E-state index in [-0.39, 0.29) is 4.83 Å². The molecule has 1 rings (SSSR count). The van der Waals surface area contributed by atoms with Gasteiger partial charge in [-0.05, 0) is 17.7 Å². The molecule has 0 heterocycles. The molecule has 0 fully saturated rings. The van der Waals surface area contributed by atoms with Crippen LogP contribution < -0.4 is 0 Å². The van der Waals surface area contributed by atoms with Gasteiger partial charge in [-0.3, -0.25) is 0 Å². The van der Waals surface area contributed by atoms with Gasteiger partial charge in [-0.1, -0.05) is 39.7 Å². The largest absolute Gasteiger partial charge is 0.302 e. The van der Waals surface area contributed by atoms with Crippen LogP contribution in [-0.2, 0) is 4.79 Å². The quantitative estimate of drug-likeness (QED) is 0.567. The summed E-state index contributed by atoms with van der Waals surface area (Å²) in [6.45, 7) is 0. The molecule has 58 valence electrons. The van der Waals surface area contributed by atoms with E-state index in [1.807, 2.05) is 12.1 Å². The molecule has 0 saturated heterocycles. The van der Waals surface area contributed by atoms with E-state index in [0.29, 0.717) is 5.02 Å². The second-order valence-corrected chi connectivity index (χ2v) is 3.52. The summed E-state index contributed by atoms with van der Waals surface area (Å²) in [4.78, 5) is 10.1. The third-order valence-electron chi connectivity index (χ3n) is 1.29. The lowest BCUT2D eigenvalue weighted by Crippen LogP contribution is -1.89. The van der Waals surface area contributed by atoms with Crippen molar-refractivity contribution in [2.45, 2.75) is 4.83 Å². The van der Waals surface area contributed by atoms with Crippen LogP contribution in [0.2, 0.25) is 5.02 Å². The molecule has 0 aromatic heterocycles. The molecule has 0 bridgehead atoms. The van der Waals surface area contributed by atoms with E-state index in [1.54, 1.807) is 12.1 Å². The van der Waals surface area contributed by atoms with Gasteiger partial charge in [0.1, 0.15) is 6.29 Å². The van der Waals surface area contributed by atoms with Gasteiger partial charge in [-0.25, -0.2) is 0 Å². The van der Waals surface area contributed by atoms with Crippen LogP contribution >= 0.6 is 27.5 Å². The molecule has 1 nitrogen and oxygen atoms in total. The van der Waals surface area contributed by atoms with Crippen molar-refractivity contribution >= 4 is 33.8 Å². The van der Waals surface area contributed by atoms with Gasteiger partial charge in [-0.2, -0.15) is 0 Å². The standard InChI is InChI=1S/C8H6BrClO/c9-8(5-11)6-2-1-3-7(10)4-6/h1-5,8H. The number of alkyl halides is 1. The number of rotatable bonds is 2. The minimum absolute atomic E-state index is 0.249. The van der Waals surface area contributed by atoms with Gasteiger partial charge in [0.25, 0.3) is 0 Å². The van der Waals surface area contributed by atoms with Crippen LogP contribution in [0.5, 0.6) is 0 Å². The van der Waals surface area contributed by atoms with Crippen molar-refractivity contribution in [2.24, 2.45) is 0 Å². The van der Waals surface area contributed by atoms with Crippen LogP contribution in [-0.4, -0.2) is 6.29 Å². The molecule has 0 amide bonds. The smallest absolute Gasteiger partial charge is 0.138 e. The van der Waals surface area contributed by atoms with Crippen molar-refractivity contribution in [1.82, 2.24) is 0 Å². The maximum absolute atomic E-state index is 10.3. The summed E-state index contributed by atoms with van der Waals surface area (Å²) < 4.78 is 0. The summed E-state index contributed by atoms with van der Waals surface area (Å²) in [7, 11) is 0. The van der Waals surface area contributed by atoms with Gasteiger partial charge in [0.2, 0.25) is 0 Å². The van der Waals surface area contributed by atoms with Gasteiger partial charge in [0, 0.05) is 5.02 Å². The van der Waals surface area contributed by atoms with E-state index < -0.39 is 0 Å². The minimum atomic E-state index is -0.249. The summed E-state index contributed by atoms with van der Waals surface area (Å²) in [5.41, 5.74) is 0.882. The highest BCUT2D eigenvalue weighted by Crippen LogP contribution is 2.22. The van der Waals surface area contributed by atoms with Crippen molar-refractivity contribution in [1.29, 1.82) is 0 Å². The third kappa shape index (κ3) is 2.31. The topological polar surface area (TPSA) is 17.1 Å². The number of halogens is 2. The lowest BCUT2D eigenvalue weighted by molar-refractivity contribution is -0.107. The van der Waals surface area contributed by atoms with Gasteiger partial charge >= 0.3 is 0 Å². The number of carbonyl (C=O) groups excluding carboxylic acids is 1. The van der Waals surface area contributed by atoms with Crippen molar-refractivity contribution < 1.29 is 4.79 Å². The van der Waals surface area contributed by atoms with E-state index >= 15 is 0 Å². The number of hydrogen-bond acceptors (Lipinski definition) is 1. The summed E-state index contributed by atoms with van der Waals surface area (Å²) in [5, 5.41) is 0.647. The molecule has 1 aromatic carbocycles. The Hall–Kier alpha value is -0.340. The fraction of sp³-hybridized carbons (Fsp3) is 0.125. The maximum atomic E-state index is 10.3. The SMILES string of the molecule is O=CC(Br)c1cccc(Cl)c1. The second-order valence-electron chi connectivity index (χ2n) is 2.09. The Morgan fingerprint density at radius 2 is 2.27 bits per heavy atom. The minimum Gasteiger partial charge on any atom is -0.302 e. The zero-order valence-corrected chi connectivity index (χ0v) is 7.97. The van der Waals surface area contributed by atoms with E-state index in [9.17, 15) is 4.79 Å². The van der Waals surface area contributed by atoms with Crippen LogP contribution in [0.1, 0.15) is 10.4 Å². The molecule has 3 heteroatoms. The molecular weight excluding hydrogens is 227 g/mol. The molecule has 0 spiro atoms. The first-order valence-corrected chi connectivity index (χ1v) is 4.38. The lowest BCUT2D eigenvalue weighted by Gasteiger charge is -2.00. The van der Waals surface area contributed by atoms with E-state index in [0.717, 1.165) is 11.8 Å². The molecule has 1 atom stereocenters. The molecule has 0 saturated carbocycles. The summed E-state index contributed by atoms with van der Waals surface area (Å²) in [6, 6.07) is 7.19. The van der Waals surface area contributed by atoms with E-state index in [4.69, 9.17) is 11.6 Å². The molecule has 1 aromatic rings. The summed E-state index contributed by atoms with van der Waals surface area (Å²) in [6.07, 6.45) is 0.825. The Bertz CT molecular complexity index is 262. The molecule has 11 heavy (non-hydrogen) atoms. The summed E-state index contributed by atoms with van der Waals surface area (Å²) in [5.74, 6) is 0. The first kappa shape index (κ1) is 8.75. The van der Waals surface area contributed by atoms with Crippen molar-refractivity contribution in [3.05, 3.63) is 34.9 Å². The average Bonchev–Trinajstić information content (AvgIpc) is 2.03. The van der Waals surface area contributed by atoms with Crippen molar-refractivity contribution in [3.8, 4) is 0 Å².